The van der Waals surface area contributed by atoms with E-state index in [1.165, 1.54) is 25.7 Å². The summed E-state index contributed by atoms with van der Waals surface area (Å²) in [6.07, 6.45) is 7.86. The fourth-order valence-electron chi connectivity index (χ4n) is 3.14. The highest BCUT2D eigenvalue weighted by Gasteiger charge is 2.56. The molecule has 0 aliphatic heterocycles. The zero-order valence-corrected chi connectivity index (χ0v) is 10.4. The van der Waals surface area contributed by atoms with Crippen molar-refractivity contribution in [3.8, 4) is 0 Å². The summed E-state index contributed by atoms with van der Waals surface area (Å²) in [6.45, 7) is 6.58. The summed E-state index contributed by atoms with van der Waals surface area (Å²) < 4.78 is 6.25. The molecule has 2 saturated carbocycles. The van der Waals surface area contributed by atoms with Gasteiger partial charge >= 0.3 is 0 Å². The van der Waals surface area contributed by atoms with Crippen molar-refractivity contribution in [3.05, 3.63) is 0 Å². The average Bonchev–Trinajstić information content (AvgIpc) is 2.68. The van der Waals surface area contributed by atoms with Crippen LogP contribution in [-0.4, -0.2) is 17.7 Å². The van der Waals surface area contributed by atoms with Crippen LogP contribution in [0.1, 0.15) is 59.3 Å². The van der Waals surface area contributed by atoms with Crippen LogP contribution in [0.5, 0.6) is 0 Å². The zero-order valence-electron chi connectivity index (χ0n) is 10.4. The van der Waals surface area contributed by atoms with Crippen molar-refractivity contribution in [2.75, 3.05) is 0 Å². The Morgan fingerprint density at radius 1 is 1.33 bits per heavy atom. The highest BCUT2D eigenvalue weighted by Crippen LogP contribution is 2.54. The molecule has 0 bridgehead atoms. The Kier molecular flexibility index (Phi) is 2.85. The highest BCUT2D eigenvalue weighted by molar-refractivity contribution is 5.09. The molecule has 2 heteroatoms. The summed E-state index contributed by atoms with van der Waals surface area (Å²) >= 11 is 0. The van der Waals surface area contributed by atoms with Gasteiger partial charge in [0.2, 0.25) is 0 Å². The van der Waals surface area contributed by atoms with Crippen LogP contribution >= 0.6 is 0 Å². The van der Waals surface area contributed by atoms with E-state index in [2.05, 4.69) is 20.8 Å². The first-order chi connectivity index (χ1) is 7.00. The summed E-state index contributed by atoms with van der Waals surface area (Å²) in [5.41, 5.74) is 6.57. The molecule has 2 N–H and O–H groups in total. The average molecular weight is 211 g/mol. The molecule has 0 radical (unpaired) electrons. The van der Waals surface area contributed by atoms with Gasteiger partial charge in [-0.05, 0) is 39.5 Å². The second-order valence-corrected chi connectivity index (χ2v) is 6.00. The van der Waals surface area contributed by atoms with E-state index < -0.39 is 0 Å². The molecule has 0 amide bonds. The molecule has 2 nitrogen and oxygen atoms in total. The largest absolute Gasteiger partial charge is 0.372 e. The molecule has 88 valence electrons. The lowest BCUT2D eigenvalue weighted by atomic mass is 9.61. The van der Waals surface area contributed by atoms with E-state index in [4.69, 9.17) is 10.5 Å². The molecule has 1 spiro atoms. The Labute approximate surface area is 93.6 Å². The summed E-state index contributed by atoms with van der Waals surface area (Å²) in [6, 6.07) is 0.401. The van der Waals surface area contributed by atoms with Crippen molar-refractivity contribution in [1.29, 1.82) is 0 Å². The van der Waals surface area contributed by atoms with Gasteiger partial charge in [-0.2, -0.15) is 0 Å². The molecule has 2 rings (SSSR count). The minimum atomic E-state index is 0.0282. The third-order valence-corrected chi connectivity index (χ3v) is 4.69. The first kappa shape index (κ1) is 11.4. The maximum absolute atomic E-state index is 6.25. The topological polar surface area (TPSA) is 35.2 Å². The van der Waals surface area contributed by atoms with Crippen LogP contribution in [0.25, 0.3) is 0 Å². The van der Waals surface area contributed by atoms with Crippen LogP contribution in [0.2, 0.25) is 0 Å². The molecule has 2 unspecified atom stereocenters. The predicted octanol–water partition coefficient (Wildman–Crippen LogP) is 2.85. The van der Waals surface area contributed by atoms with E-state index in [9.17, 15) is 0 Å². The molecule has 2 aliphatic carbocycles. The van der Waals surface area contributed by atoms with E-state index in [1.54, 1.807) is 0 Å². The standard InChI is InChI=1S/C13H25NO/c1-4-12(2,3)15-11-9-10(14)13(11)7-5-6-8-13/h10-11H,4-9,14H2,1-3H3. The lowest BCUT2D eigenvalue weighted by Gasteiger charge is -2.54. The van der Waals surface area contributed by atoms with Gasteiger partial charge in [0, 0.05) is 11.5 Å². The Morgan fingerprint density at radius 2 is 1.93 bits per heavy atom. The minimum Gasteiger partial charge on any atom is -0.372 e. The summed E-state index contributed by atoms with van der Waals surface area (Å²) in [5, 5.41) is 0. The molecule has 0 aromatic heterocycles. The Hall–Kier alpha value is -0.0800. The fraction of sp³-hybridized carbons (Fsp3) is 1.00. The van der Waals surface area contributed by atoms with Crippen LogP contribution in [0, 0.1) is 5.41 Å². The van der Waals surface area contributed by atoms with Crippen LogP contribution in [0.3, 0.4) is 0 Å². The Balaban J connectivity index is 2.00. The second kappa shape index (κ2) is 3.74. The van der Waals surface area contributed by atoms with E-state index in [0.717, 1.165) is 12.8 Å². The van der Waals surface area contributed by atoms with Crippen molar-refractivity contribution >= 4 is 0 Å². The third kappa shape index (κ3) is 1.83. The molecule has 2 fully saturated rings. The predicted molar refractivity (Wildman–Crippen MR) is 62.7 cm³/mol. The maximum atomic E-state index is 6.25. The molecule has 0 saturated heterocycles. The van der Waals surface area contributed by atoms with E-state index >= 15 is 0 Å². The van der Waals surface area contributed by atoms with Crippen LogP contribution in [0.4, 0.5) is 0 Å². The van der Waals surface area contributed by atoms with Gasteiger partial charge in [0.05, 0.1) is 11.7 Å². The Morgan fingerprint density at radius 3 is 2.40 bits per heavy atom. The number of hydrogen-bond donors (Lipinski definition) is 1. The monoisotopic (exact) mass is 211 g/mol. The van der Waals surface area contributed by atoms with Gasteiger partial charge in [0.25, 0.3) is 0 Å². The SMILES string of the molecule is CCC(C)(C)OC1CC(N)C12CCCC2. The lowest BCUT2D eigenvalue weighted by molar-refractivity contribution is -0.184. The van der Waals surface area contributed by atoms with Crippen molar-refractivity contribution in [1.82, 2.24) is 0 Å². The van der Waals surface area contributed by atoms with Crippen LogP contribution in [0.15, 0.2) is 0 Å². The van der Waals surface area contributed by atoms with Crippen molar-refractivity contribution in [2.24, 2.45) is 11.1 Å². The molecule has 0 aromatic rings. The summed E-state index contributed by atoms with van der Waals surface area (Å²) in [4.78, 5) is 0. The van der Waals surface area contributed by atoms with E-state index in [-0.39, 0.29) is 5.60 Å². The molecule has 0 aromatic carbocycles. The molecule has 2 aliphatic rings. The number of nitrogens with two attached hydrogens (primary N) is 1. The summed E-state index contributed by atoms with van der Waals surface area (Å²) in [5.74, 6) is 0. The zero-order chi connectivity index (χ0) is 11.1. The van der Waals surface area contributed by atoms with Crippen LogP contribution in [-0.2, 0) is 4.74 Å². The highest BCUT2D eigenvalue weighted by atomic mass is 16.5. The molecular formula is C13H25NO. The van der Waals surface area contributed by atoms with Gasteiger partial charge in [0.15, 0.2) is 0 Å². The number of ether oxygens (including phenoxy) is 1. The van der Waals surface area contributed by atoms with Gasteiger partial charge < -0.3 is 10.5 Å². The van der Waals surface area contributed by atoms with Gasteiger partial charge in [-0.25, -0.2) is 0 Å². The van der Waals surface area contributed by atoms with E-state index in [0.29, 0.717) is 17.6 Å². The summed E-state index contributed by atoms with van der Waals surface area (Å²) in [7, 11) is 0. The lowest BCUT2D eigenvalue weighted by Crippen LogP contribution is -2.62. The first-order valence-electron chi connectivity index (χ1n) is 6.43. The Bertz CT molecular complexity index is 231. The van der Waals surface area contributed by atoms with Gasteiger partial charge in [-0.3, -0.25) is 0 Å². The van der Waals surface area contributed by atoms with Gasteiger partial charge in [-0.15, -0.1) is 0 Å². The first-order valence-corrected chi connectivity index (χ1v) is 6.43. The molecule has 15 heavy (non-hydrogen) atoms. The molecule has 2 atom stereocenters. The number of rotatable bonds is 3. The maximum Gasteiger partial charge on any atom is 0.0668 e. The molecular weight excluding hydrogens is 186 g/mol. The molecule has 0 heterocycles. The smallest absolute Gasteiger partial charge is 0.0668 e. The number of hydrogen-bond acceptors (Lipinski definition) is 2. The van der Waals surface area contributed by atoms with Crippen molar-refractivity contribution in [3.63, 3.8) is 0 Å². The van der Waals surface area contributed by atoms with Gasteiger partial charge in [-0.1, -0.05) is 19.8 Å². The van der Waals surface area contributed by atoms with Gasteiger partial charge in [0.1, 0.15) is 0 Å². The minimum absolute atomic E-state index is 0.0282. The third-order valence-electron chi connectivity index (χ3n) is 4.69. The van der Waals surface area contributed by atoms with Crippen molar-refractivity contribution in [2.45, 2.75) is 77.0 Å². The quantitative estimate of drug-likeness (QED) is 0.779. The van der Waals surface area contributed by atoms with Crippen LogP contribution < -0.4 is 5.73 Å². The second-order valence-electron chi connectivity index (χ2n) is 6.00. The fourth-order valence-corrected chi connectivity index (χ4v) is 3.14. The normalized spacial score (nSPS) is 34.4. The van der Waals surface area contributed by atoms with Crippen molar-refractivity contribution < 1.29 is 4.74 Å². The van der Waals surface area contributed by atoms with E-state index in [1.807, 2.05) is 0 Å².